The summed E-state index contributed by atoms with van der Waals surface area (Å²) >= 11 is 0. The number of carbonyl (C=O) groups is 2. The van der Waals surface area contributed by atoms with Crippen LogP contribution in [0.25, 0.3) is 0 Å². The minimum atomic E-state index is -0.360. The van der Waals surface area contributed by atoms with Gasteiger partial charge in [0.1, 0.15) is 6.10 Å². The number of hydrogen-bond acceptors (Lipinski definition) is 4. The van der Waals surface area contributed by atoms with Crippen LogP contribution in [0.3, 0.4) is 0 Å². The Morgan fingerprint density at radius 3 is 3.00 bits per heavy atom. The van der Waals surface area contributed by atoms with Crippen molar-refractivity contribution in [1.29, 1.82) is 0 Å². The molecule has 0 unspecified atom stereocenters. The quantitative estimate of drug-likeness (QED) is 0.528. The molecule has 1 fully saturated rings. The van der Waals surface area contributed by atoms with E-state index in [0.717, 1.165) is 19.3 Å². The highest BCUT2D eigenvalue weighted by atomic mass is 16.5. The zero-order valence-electron chi connectivity index (χ0n) is 10.5. The number of Topliss-reactive ketones (excluding diaryl/α,β-unsaturated/α-hetero) is 1. The molecule has 17 heavy (non-hydrogen) atoms. The maximum Gasteiger partial charge on any atom is 0.307 e. The standard InChI is InChI=1S/C13H20O4/c1-3-4-6-11-9-12(15)13(17-11)7-5-8-16-10(2)14/h5,8,11,13H,3-4,6-7,9H2,1-2H3/t11-,13-/m0/s1. The zero-order valence-corrected chi connectivity index (χ0v) is 10.5. The van der Waals surface area contributed by atoms with Gasteiger partial charge in [-0.05, 0) is 12.5 Å². The van der Waals surface area contributed by atoms with E-state index in [1.165, 1.54) is 13.2 Å². The van der Waals surface area contributed by atoms with Gasteiger partial charge in [0.25, 0.3) is 0 Å². The normalized spacial score (nSPS) is 24.5. The van der Waals surface area contributed by atoms with E-state index < -0.39 is 0 Å². The molecule has 1 aliphatic heterocycles. The number of ether oxygens (including phenoxy) is 2. The number of hydrogen-bond donors (Lipinski definition) is 0. The summed E-state index contributed by atoms with van der Waals surface area (Å²) in [5.74, 6) is -0.209. The first-order valence-corrected chi connectivity index (χ1v) is 6.14. The molecular formula is C13H20O4. The van der Waals surface area contributed by atoms with Crippen LogP contribution in [0.4, 0.5) is 0 Å². The summed E-state index contributed by atoms with van der Waals surface area (Å²) in [6.45, 7) is 3.46. The van der Waals surface area contributed by atoms with Crippen molar-refractivity contribution < 1.29 is 19.1 Å². The molecule has 1 saturated heterocycles. The Labute approximate surface area is 102 Å². The minimum absolute atomic E-state index is 0.0783. The van der Waals surface area contributed by atoms with Gasteiger partial charge in [-0.25, -0.2) is 0 Å². The van der Waals surface area contributed by atoms with E-state index in [9.17, 15) is 9.59 Å². The summed E-state index contributed by atoms with van der Waals surface area (Å²) in [6.07, 6.45) is 6.86. The highest BCUT2D eigenvalue weighted by molar-refractivity contribution is 5.85. The zero-order chi connectivity index (χ0) is 12.7. The van der Waals surface area contributed by atoms with Crippen LogP contribution in [0.2, 0.25) is 0 Å². The molecular weight excluding hydrogens is 220 g/mol. The van der Waals surface area contributed by atoms with Gasteiger partial charge < -0.3 is 9.47 Å². The number of ketones is 1. The summed E-state index contributed by atoms with van der Waals surface area (Å²) in [7, 11) is 0. The Morgan fingerprint density at radius 2 is 2.35 bits per heavy atom. The molecule has 0 aromatic heterocycles. The lowest BCUT2D eigenvalue weighted by atomic mass is 10.1. The summed E-state index contributed by atoms with van der Waals surface area (Å²) in [4.78, 5) is 22.1. The molecule has 0 N–H and O–H groups in total. The summed E-state index contributed by atoms with van der Waals surface area (Å²) < 4.78 is 10.3. The molecule has 1 aliphatic rings. The lowest BCUT2D eigenvalue weighted by Crippen LogP contribution is -2.14. The number of rotatable bonds is 6. The second-order valence-corrected chi connectivity index (χ2v) is 4.28. The van der Waals surface area contributed by atoms with Crippen molar-refractivity contribution in [1.82, 2.24) is 0 Å². The Morgan fingerprint density at radius 1 is 1.59 bits per heavy atom. The van der Waals surface area contributed by atoms with Crippen LogP contribution in [-0.4, -0.2) is 24.0 Å². The predicted molar refractivity (Wildman–Crippen MR) is 63.3 cm³/mol. The third-order valence-electron chi connectivity index (χ3n) is 2.70. The van der Waals surface area contributed by atoms with Gasteiger partial charge in [0, 0.05) is 19.8 Å². The Kier molecular flexibility index (Phi) is 5.91. The van der Waals surface area contributed by atoms with Gasteiger partial charge in [-0.2, -0.15) is 0 Å². The van der Waals surface area contributed by atoms with Crippen molar-refractivity contribution in [3.8, 4) is 0 Å². The van der Waals surface area contributed by atoms with Crippen molar-refractivity contribution in [2.75, 3.05) is 0 Å². The molecule has 0 aromatic carbocycles. The van der Waals surface area contributed by atoms with Crippen LogP contribution in [0.15, 0.2) is 12.3 Å². The monoisotopic (exact) mass is 240 g/mol. The van der Waals surface area contributed by atoms with Gasteiger partial charge in [-0.3, -0.25) is 9.59 Å². The van der Waals surface area contributed by atoms with Crippen LogP contribution in [0.1, 0.15) is 46.0 Å². The molecule has 0 radical (unpaired) electrons. The predicted octanol–water partition coefficient (Wildman–Crippen LogP) is 2.37. The van der Waals surface area contributed by atoms with Gasteiger partial charge in [0.05, 0.1) is 12.4 Å². The second-order valence-electron chi connectivity index (χ2n) is 4.28. The molecule has 4 nitrogen and oxygen atoms in total. The van der Waals surface area contributed by atoms with Crippen molar-refractivity contribution in [3.05, 3.63) is 12.3 Å². The van der Waals surface area contributed by atoms with E-state index >= 15 is 0 Å². The maximum atomic E-state index is 11.6. The molecule has 4 heteroatoms. The average Bonchev–Trinajstić information content (AvgIpc) is 2.62. The lowest BCUT2D eigenvalue weighted by molar-refractivity contribution is -0.135. The van der Waals surface area contributed by atoms with Crippen LogP contribution in [-0.2, 0) is 19.1 Å². The number of carbonyl (C=O) groups excluding carboxylic acids is 2. The number of esters is 1. The summed E-state index contributed by atoms with van der Waals surface area (Å²) in [6, 6.07) is 0. The average molecular weight is 240 g/mol. The highest BCUT2D eigenvalue weighted by Gasteiger charge is 2.31. The van der Waals surface area contributed by atoms with Crippen LogP contribution in [0.5, 0.6) is 0 Å². The molecule has 0 spiro atoms. The first-order chi connectivity index (χ1) is 8.13. The highest BCUT2D eigenvalue weighted by Crippen LogP contribution is 2.23. The van der Waals surface area contributed by atoms with Gasteiger partial charge in [0.2, 0.25) is 0 Å². The van der Waals surface area contributed by atoms with E-state index in [-0.39, 0.29) is 24.0 Å². The van der Waals surface area contributed by atoms with E-state index in [1.54, 1.807) is 6.08 Å². The molecule has 0 saturated carbocycles. The molecule has 1 rings (SSSR count). The summed E-state index contributed by atoms with van der Waals surface area (Å²) in [5.41, 5.74) is 0. The van der Waals surface area contributed by atoms with E-state index in [0.29, 0.717) is 12.8 Å². The topological polar surface area (TPSA) is 52.6 Å². The van der Waals surface area contributed by atoms with Crippen LogP contribution >= 0.6 is 0 Å². The lowest BCUT2D eigenvalue weighted by Gasteiger charge is -2.10. The third kappa shape index (κ3) is 5.13. The third-order valence-corrected chi connectivity index (χ3v) is 2.70. The molecule has 0 amide bonds. The Bertz CT molecular complexity index is 296. The van der Waals surface area contributed by atoms with Crippen molar-refractivity contribution in [2.24, 2.45) is 0 Å². The molecule has 0 bridgehead atoms. The molecule has 1 heterocycles. The minimum Gasteiger partial charge on any atom is -0.435 e. The van der Waals surface area contributed by atoms with Gasteiger partial charge in [0.15, 0.2) is 5.78 Å². The summed E-state index contributed by atoms with van der Waals surface area (Å²) in [5, 5.41) is 0. The first-order valence-electron chi connectivity index (χ1n) is 6.14. The molecule has 2 atom stereocenters. The van der Waals surface area contributed by atoms with Gasteiger partial charge in [-0.1, -0.05) is 19.8 Å². The van der Waals surface area contributed by atoms with E-state index in [1.807, 2.05) is 0 Å². The smallest absolute Gasteiger partial charge is 0.307 e. The maximum absolute atomic E-state index is 11.6. The SMILES string of the molecule is CCCC[C@H]1CC(=O)[C@H](CC=COC(C)=O)O1. The van der Waals surface area contributed by atoms with Gasteiger partial charge in [-0.15, -0.1) is 0 Å². The van der Waals surface area contributed by atoms with Crippen molar-refractivity contribution >= 4 is 11.8 Å². The first kappa shape index (κ1) is 13.9. The Balaban J connectivity index is 2.28. The fourth-order valence-electron chi connectivity index (χ4n) is 1.82. The van der Waals surface area contributed by atoms with Crippen molar-refractivity contribution in [2.45, 2.75) is 58.2 Å². The van der Waals surface area contributed by atoms with E-state index in [2.05, 4.69) is 11.7 Å². The fraction of sp³-hybridized carbons (Fsp3) is 0.692. The number of unbranched alkanes of at least 4 members (excludes halogenated alkanes) is 1. The van der Waals surface area contributed by atoms with Crippen LogP contribution in [0, 0.1) is 0 Å². The van der Waals surface area contributed by atoms with Crippen molar-refractivity contribution in [3.63, 3.8) is 0 Å². The molecule has 96 valence electrons. The largest absolute Gasteiger partial charge is 0.435 e. The second kappa shape index (κ2) is 7.22. The van der Waals surface area contributed by atoms with Gasteiger partial charge >= 0.3 is 5.97 Å². The molecule has 0 aromatic rings. The Hall–Kier alpha value is -1.16. The van der Waals surface area contributed by atoms with Crippen LogP contribution < -0.4 is 0 Å². The fourth-order valence-corrected chi connectivity index (χ4v) is 1.82. The van der Waals surface area contributed by atoms with E-state index in [4.69, 9.17) is 4.74 Å². The molecule has 0 aliphatic carbocycles.